The van der Waals surface area contributed by atoms with Gasteiger partial charge >= 0.3 is 41.7 Å². The molecule has 16 heteroatoms. The summed E-state index contributed by atoms with van der Waals surface area (Å²) in [5.74, 6) is 0.362. The Kier molecular flexibility index (Phi) is 16.8. The second-order valence-electron chi connectivity index (χ2n) is 13.6. The number of nitrogens with one attached hydrogen (secondary N) is 1. The van der Waals surface area contributed by atoms with E-state index in [9.17, 15) is 24.6 Å². The molecule has 0 spiro atoms. The fourth-order valence-corrected chi connectivity index (χ4v) is 5.78. The molecule has 45 heavy (non-hydrogen) atoms. The number of carbonyl (C=O) groups excluding carboxylic acids is 3. The summed E-state index contributed by atoms with van der Waals surface area (Å²) < 4.78 is 26.5. The maximum Gasteiger partial charge on any atom is 1.00 e. The van der Waals surface area contributed by atoms with Crippen LogP contribution in [0.3, 0.4) is 0 Å². The number of hydrogen-bond acceptors (Lipinski definition) is 12. The maximum absolute atomic E-state index is 11.8. The molecular formula is C29H52BN3NaO11. The zero-order valence-corrected chi connectivity index (χ0v) is 30.1. The molecule has 8 atom stereocenters. The Hall–Kier alpha value is -1.01. The van der Waals surface area contributed by atoms with Crippen molar-refractivity contribution in [2.24, 2.45) is 17.8 Å². The molecule has 0 aromatic heterocycles. The van der Waals surface area contributed by atoms with Crippen LogP contribution in [0, 0.1) is 17.8 Å². The molecule has 0 saturated carbocycles. The van der Waals surface area contributed by atoms with E-state index in [1.54, 1.807) is 9.80 Å². The van der Waals surface area contributed by atoms with E-state index < -0.39 is 17.3 Å². The molecule has 0 aromatic carbocycles. The summed E-state index contributed by atoms with van der Waals surface area (Å²) in [5.41, 5.74) is -0.978. The number of Topliss-reactive ketones (excluding diaryl/α,β-unsaturated/α-hetero) is 1. The molecular weight excluding hydrogens is 600 g/mol. The number of rotatable bonds is 0. The molecule has 0 aliphatic carbocycles. The van der Waals surface area contributed by atoms with E-state index in [2.05, 4.69) is 5.32 Å². The predicted molar refractivity (Wildman–Crippen MR) is 160 cm³/mol. The van der Waals surface area contributed by atoms with Crippen molar-refractivity contribution in [3.8, 4) is 0 Å². The third-order valence-corrected chi connectivity index (χ3v) is 7.89. The van der Waals surface area contributed by atoms with Crippen LogP contribution in [0.2, 0.25) is 0 Å². The number of aliphatic hydroxyl groups is 3. The van der Waals surface area contributed by atoms with Gasteiger partial charge in [-0.25, -0.2) is 9.59 Å². The smallest absolute Gasteiger partial charge is 1.00 e. The number of ether oxygens (including phenoxy) is 5. The minimum absolute atomic E-state index is 0. The molecule has 6 rings (SSSR count). The minimum atomic E-state index is -0.500. The molecule has 0 aromatic rings. The van der Waals surface area contributed by atoms with Gasteiger partial charge in [0.05, 0.1) is 62.7 Å². The number of fused-ring (bicyclic) bond motifs is 3. The first-order valence-corrected chi connectivity index (χ1v) is 15.0. The van der Waals surface area contributed by atoms with Crippen LogP contribution in [0.25, 0.3) is 0 Å². The van der Waals surface area contributed by atoms with Crippen molar-refractivity contribution >= 4 is 26.4 Å². The second-order valence-corrected chi connectivity index (χ2v) is 13.6. The SMILES string of the molecule is CC(C)(C)OC(=O)N1CC2C(=O)CO[C@@H]2C1.CC(C)(C)OC(=O)N1CC2C(O)CO[C@@H]2C1.CO.OC1CO[C@@H]2CNCC12.[B].[H-].[Na+]. The first-order chi connectivity index (χ1) is 20.1. The van der Waals surface area contributed by atoms with Gasteiger partial charge in [-0.1, -0.05) is 0 Å². The molecule has 6 saturated heterocycles. The van der Waals surface area contributed by atoms with Gasteiger partial charge in [-0.15, -0.1) is 0 Å². The zero-order valence-electron chi connectivity index (χ0n) is 29.1. The van der Waals surface area contributed by atoms with E-state index in [1.165, 1.54) is 0 Å². The Morgan fingerprint density at radius 1 is 0.778 bits per heavy atom. The summed E-state index contributed by atoms with van der Waals surface area (Å²) in [4.78, 5) is 38.1. The van der Waals surface area contributed by atoms with Crippen molar-refractivity contribution in [2.75, 3.05) is 66.2 Å². The molecule has 2 amide bonds. The van der Waals surface area contributed by atoms with Gasteiger partial charge < -0.3 is 55.5 Å². The van der Waals surface area contributed by atoms with Crippen LogP contribution in [0.15, 0.2) is 0 Å². The Morgan fingerprint density at radius 2 is 1.27 bits per heavy atom. The molecule has 4 N–H and O–H groups in total. The van der Waals surface area contributed by atoms with Gasteiger partial charge in [0.25, 0.3) is 0 Å². The maximum atomic E-state index is 11.8. The zero-order chi connectivity index (χ0) is 32.1. The number of carbonyl (C=O) groups is 3. The van der Waals surface area contributed by atoms with Gasteiger partial charge in [0.15, 0.2) is 5.78 Å². The second kappa shape index (κ2) is 17.9. The topological polar surface area (TPSA) is 177 Å². The molecule has 6 aliphatic rings. The van der Waals surface area contributed by atoms with Crippen LogP contribution >= 0.6 is 0 Å². The fraction of sp³-hybridized carbons (Fsp3) is 0.897. The molecule has 6 fully saturated rings. The fourth-order valence-electron chi connectivity index (χ4n) is 5.78. The van der Waals surface area contributed by atoms with Gasteiger partial charge in [-0.2, -0.15) is 0 Å². The summed E-state index contributed by atoms with van der Waals surface area (Å²) in [6.45, 7) is 15.9. The summed E-state index contributed by atoms with van der Waals surface area (Å²) in [5, 5.41) is 29.0. The van der Waals surface area contributed by atoms with Gasteiger partial charge in [0, 0.05) is 53.5 Å². The first-order valence-electron chi connectivity index (χ1n) is 15.0. The normalized spacial score (nSPS) is 32.6. The summed E-state index contributed by atoms with van der Waals surface area (Å²) >= 11 is 0. The van der Waals surface area contributed by atoms with E-state index in [1.807, 2.05) is 41.5 Å². The monoisotopic (exact) mass is 652 g/mol. The van der Waals surface area contributed by atoms with Crippen molar-refractivity contribution in [1.29, 1.82) is 0 Å². The average molecular weight is 653 g/mol. The molecule has 253 valence electrons. The quantitative estimate of drug-likeness (QED) is 0.193. The van der Waals surface area contributed by atoms with E-state index in [4.69, 9.17) is 28.8 Å². The van der Waals surface area contributed by atoms with Crippen molar-refractivity contribution < 1.29 is 84.4 Å². The Bertz CT molecular complexity index is 974. The molecule has 6 aliphatic heterocycles. The number of ketones is 1. The Balaban J connectivity index is 0.000000642. The summed E-state index contributed by atoms with van der Waals surface area (Å²) in [6, 6.07) is 0. The van der Waals surface area contributed by atoms with Crippen LogP contribution in [0.1, 0.15) is 43.0 Å². The Labute approximate surface area is 292 Å². The summed E-state index contributed by atoms with van der Waals surface area (Å²) in [6.07, 6.45) is -1.21. The van der Waals surface area contributed by atoms with Crippen LogP contribution in [-0.2, 0) is 28.5 Å². The first kappa shape index (κ1) is 42.0. The van der Waals surface area contributed by atoms with Crippen LogP contribution in [0.5, 0.6) is 0 Å². The third-order valence-electron chi connectivity index (χ3n) is 7.89. The number of amides is 2. The Morgan fingerprint density at radius 3 is 1.76 bits per heavy atom. The standard InChI is InChI=1S/C11H19NO4.C11H17NO4.C6H11NO2.CH4O.B.Na.H/c2*1-11(2,3)16-10(14)12-4-7-8(13)6-15-9(7)5-12;8-5-3-9-6-2-7-1-4(5)6;1-2;;;/h7-9,13H,4-6H2,1-3H3;7,9H,4-6H2,1-3H3;4-8H,1-3H2;2H,1H3;;;/q;;;;;+1;-1/t7?,8?,9-;7?,9-;4?,5?,6-;;;;/m111..../s1. The molecule has 3 radical (unpaired) electrons. The number of hydrogen-bond donors (Lipinski definition) is 4. The molecule has 6 heterocycles. The van der Waals surface area contributed by atoms with E-state index in [0.29, 0.717) is 51.4 Å². The van der Waals surface area contributed by atoms with E-state index >= 15 is 0 Å². The van der Waals surface area contributed by atoms with E-state index in [0.717, 1.165) is 20.2 Å². The van der Waals surface area contributed by atoms with Crippen molar-refractivity contribution in [3.05, 3.63) is 0 Å². The number of likely N-dealkylation sites (tertiary alicyclic amines) is 2. The van der Waals surface area contributed by atoms with Crippen LogP contribution < -0.4 is 34.9 Å². The van der Waals surface area contributed by atoms with Gasteiger partial charge in [-0.3, -0.25) is 4.79 Å². The van der Waals surface area contributed by atoms with E-state index in [-0.39, 0.29) is 94.1 Å². The van der Waals surface area contributed by atoms with Gasteiger partial charge in [-0.05, 0) is 41.5 Å². The largest absolute Gasteiger partial charge is 1.00 e. The molecule has 14 nitrogen and oxygen atoms in total. The number of nitrogens with zero attached hydrogens (tertiary/aromatic N) is 2. The summed E-state index contributed by atoms with van der Waals surface area (Å²) in [7, 11) is 1.00. The van der Waals surface area contributed by atoms with Crippen molar-refractivity contribution in [3.63, 3.8) is 0 Å². The van der Waals surface area contributed by atoms with Crippen molar-refractivity contribution in [2.45, 2.75) is 83.3 Å². The molecule has 5 unspecified atom stereocenters. The van der Waals surface area contributed by atoms with Gasteiger partial charge in [0.1, 0.15) is 17.8 Å². The third kappa shape index (κ3) is 11.9. The predicted octanol–water partition coefficient (Wildman–Crippen LogP) is -3.26. The minimum Gasteiger partial charge on any atom is -1.00 e. The molecule has 0 bridgehead atoms. The average Bonchev–Trinajstić information content (AvgIpc) is 3.73. The van der Waals surface area contributed by atoms with Crippen molar-refractivity contribution in [1.82, 2.24) is 15.1 Å². The van der Waals surface area contributed by atoms with Crippen LogP contribution in [0.4, 0.5) is 9.59 Å². The van der Waals surface area contributed by atoms with Gasteiger partial charge in [0.2, 0.25) is 0 Å². The number of aliphatic hydroxyl groups excluding tert-OH is 3. The van der Waals surface area contributed by atoms with Crippen LogP contribution in [-0.4, -0.2) is 159 Å².